The number of nitrogens with zero attached hydrogens (tertiary/aromatic N) is 1. The summed E-state index contributed by atoms with van der Waals surface area (Å²) in [6, 6.07) is 15.5. The molecule has 2 aromatic rings. The Morgan fingerprint density at radius 1 is 1.14 bits per heavy atom. The van der Waals surface area contributed by atoms with E-state index in [0.29, 0.717) is 24.0 Å². The minimum absolute atomic E-state index is 0.0757. The van der Waals surface area contributed by atoms with Crippen LogP contribution in [0.25, 0.3) is 0 Å². The van der Waals surface area contributed by atoms with E-state index in [2.05, 4.69) is 34.7 Å². The third-order valence-corrected chi connectivity index (χ3v) is 5.83. The summed E-state index contributed by atoms with van der Waals surface area (Å²) in [5.41, 5.74) is 2.92. The molecule has 0 saturated heterocycles. The third-order valence-electron chi connectivity index (χ3n) is 4.57. The third kappa shape index (κ3) is 7.51. The summed E-state index contributed by atoms with van der Waals surface area (Å²) in [6.07, 6.45) is 2.16. The molecule has 0 aliphatic heterocycles. The minimum atomic E-state index is -3.20. The number of ether oxygens (including phenoxy) is 1. The molecule has 2 aromatic carbocycles. The number of hydrogen-bond acceptors (Lipinski definition) is 4. The molecular weight excluding hydrogens is 386 g/mol. The highest BCUT2D eigenvalue weighted by Gasteiger charge is 2.11. The van der Waals surface area contributed by atoms with E-state index in [1.807, 2.05) is 37.3 Å². The highest BCUT2D eigenvalue weighted by atomic mass is 32.2. The maximum atomic E-state index is 11.7. The van der Waals surface area contributed by atoms with Gasteiger partial charge in [0.1, 0.15) is 0 Å². The summed E-state index contributed by atoms with van der Waals surface area (Å²) in [6.45, 7) is 5.83. The molecule has 0 heterocycles. The lowest BCUT2D eigenvalue weighted by Crippen LogP contribution is -2.37. The molecule has 1 atom stereocenters. The summed E-state index contributed by atoms with van der Waals surface area (Å²) in [4.78, 5) is 4.59. The molecule has 7 heteroatoms. The average molecular weight is 418 g/mol. The van der Waals surface area contributed by atoms with Crippen molar-refractivity contribution in [1.82, 2.24) is 10.6 Å². The second-order valence-corrected chi connectivity index (χ2v) is 8.99. The Morgan fingerprint density at radius 3 is 2.48 bits per heavy atom. The van der Waals surface area contributed by atoms with Crippen molar-refractivity contribution < 1.29 is 13.2 Å². The highest BCUT2D eigenvalue weighted by molar-refractivity contribution is 7.90. The number of aliphatic imine (C=N–C) groups is 1. The van der Waals surface area contributed by atoms with Gasteiger partial charge in [0.2, 0.25) is 0 Å². The highest BCUT2D eigenvalue weighted by Crippen LogP contribution is 2.17. The second-order valence-electron chi connectivity index (χ2n) is 7.00. The van der Waals surface area contributed by atoms with Crippen molar-refractivity contribution in [1.29, 1.82) is 0 Å². The van der Waals surface area contributed by atoms with E-state index in [-0.39, 0.29) is 6.10 Å². The van der Waals surface area contributed by atoms with Crippen molar-refractivity contribution in [2.75, 3.05) is 26.5 Å². The monoisotopic (exact) mass is 417 g/mol. The zero-order valence-corrected chi connectivity index (χ0v) is 18.4. The molecule has 0 radical (unpaired) electrons. The maximum Gasteiger partial charge on any atom is 0.191 e. The standard InChI is InChI=1S/C22H31N3O3S/c1-17-15-19(11-12-21(17)29(4,26)27)16-25-22(23-3)24-13-8-14-28-18(2)20-9-6-5-7-10-20/h5-7,9-12,15,18H,8,13-14,16H2,1-4H3,(H2,23,24,25). The van der Waals surface area contributed by atoms with Crippen LogP contribution in [0.15, 0.2) is 58.4 Å². The molecule has 0 aliphatic rings. The van der Waals surface area contributed by atoms with Crippen LogP contribution in [0.2, 0.25) is 0 Å². The van der Waals surface area contributed by atoms with Gasteiger partial charge in [0, 0.05) is 33.0 Å². The Bertz CT molecular complexity index is 912. The number of rotatable bonds is 9. The number of hydrogen-bond donors (Lipinski definition) is 2. The Hall–Kier alpha value is -2.38. The fourth-order valence-electron chi connectivity index (χ4n) is 3.00. The van der Waals surface area contributed by atoms with Crippen molar-refractivity contribution in [3.8, 4) is 0 Å². The molecule has 6 nitrogen and oxygen atoms in total. The van der Waals surface area contributed by atoms with Crippen molar-refractivity contribution in [3.63, 3.8) is 0 Å². The topological polar surface area (TPSA) is 79.8 Å². The molecule has 0 aromatic heterocycles. The predicted molar refractivity (Wildman–Crippen MR) is 118 cm³/mol. The van der Waals surface area contributed by atoms with Crippen molar-refractivity contribution in [2.45, 2.75) is 37.8 Å². The smallest absolute Gasteiger partial charge is 0.191 e. The number of sulfone groups is 1. The van der Waals surface area contributed by atoms with E-state index < -0.39 is 9.84 Å². The van der Waals surface area contributed by atoms with Gasteiger partial charge in [0.15, 0.2) is 15.8 Å². The van der Waals surface area contributed by atoms with Crippen LogP contribution in [-0.4, -0.2) is 40.8 Å². The van der Waals surface area contributed by atoms with Gasteiger partial charge in [-0.2, -0.15) is 0 Å². The van der Waals surface area contributed by atoms with Crippen molar-refractivity contribution in [2.24, 2.45) is 4.99 Å². The van der Waals surface area contributed by atoms with Crippen LogP contribution in [-0.2, 0) is 21.1 Å². The first-order chi connectivity index (χ1) is 13.8. The molecule has 0 fully saturated rings. The molecular formula is C22H31N3O3S. The minimum Gasteiger partial charge on any atom is -0.374 e. The second kappa shape index (κ2) is 11.0. The summed E-state index contributed by atoms with van der Waals surface area (Å²) < 4.78 is 29.3. The van der Waals surface area contributed by atoms with Gasteiger partial charge in [-0.05, 0) is 43.0 Å². The van der Waals surface area contributed by atoms with Crippen LogP contribution in [0, 0.1) is 6.92 Å². The SMILES string of the molecule is CN=C(NCCCOC(C)c1ccccc1)NCc1ccc(S(C)(=O)=O)c(C)c1. The predicted octanol–water partition coefficient (Wildman–Crippen LogP) is 3.23. The van der Waals surface area contributed by atoms with Crippen LogP contribution in [0.5, 0.6) is 0 Å². The van der Waals surface area contributed by atoms with Gasteiger partial charge in [0.05, 0.1) is 11.0 Å². The normalized spacial score (nSPS) is 13.2. The van der Waals surface area contributed by atoms with Gasteiger partial charge in [-0.25, -0.2) is 8.42 Å². The largest absolute Gasteiger partial charge is 0.374 e. The Labute approximate surface area is 174 Å². The fourth-order valence-corrected chi connectivity index (χ4v) is 3.96. The van der Waals surface area contributed by atoms with E-state index in [0.717, 1.165) is 24.1 Å². The van der Waals surface area contributed by atoms with Crippen LogP contribution in [0.4, 0.5) is 0 Å². The molecule has 0 amide bonds. The van der Waals surface area contributed by atoms with E-state index in [9.17, 15) is 8.42 Å². The van der Waals surface area contributed by atoms with Crippen molar-refractivity contribution >= 4 is 15.8 Å². The first-order valence-corrected chi connectivity index (χ1v) is 11.6. The summed E-state index contributed by atoms with van der Waals surface area (Å²) in [5.74, 6) is 0.700. The molecule has 158 valence electrons. The Kier molecular flexibility index (Phi) is 8.67. The van der Waals surface area contributed by atoms with Crippen LogP contribution < -0.4 is 10.6 Å². The lowest BCUT2D eigenvalue weighted by atomic mass is 10.1. The van der Waals surface area contributed by atoms with Gasteiger partial charge in [-0.15, -0.1) is 0 Å². The lowest BCUT2D eigenvalue weighted by Gasteiger charge is -2.15. The molecule has 2 rings (SSSR count). The molecule has 1 unspecified atom stereocenters. The molecule has 2 N–H and O–H groups in total. The van der Waals surface area contributed by atoms with Gasteiger partial charge < -0.3 is 15.4 Å². The van der Waals surface area contributed by atoms with Gasteiger partial charge in [-0.1, -0.05) is 42.5 Å². The molecule has 0 bridgehead atoms. The van der Waals surface area contributed by atoms with Gasteiger partial charge in [0.25, 0.3) is 0 Å². The van der Waals surface area contributed by atoms with Gasteiger partial charge >= 0.3 is 0 Å². The number of guanidine groups is 1. The summed E-state index contributed by atoms with van der Waals surface area (Å²) in [7, 11) is -1.47. The molecule has 0 aliphatic carbocycles. The van der Waals surface area contributed by atoms with Crippen LogP contribution >= 0.6 is 0 Å². The number of aryl methyl sites for hydroxylation is 1. The number of nitrogens with one attached hydrogen (secondary N) is 2. The molecule has 0 spiro atoms. The quantitative estimate of drug-likeness (QED) is 0.372. The Balaban J connectivity index is 1.72. The van der Waals surface area contributed by atoms with E-state index >= 15 is 0 Å². The maximum absolute atomic E-state index is 11.7. The van der Waals surface area contributed by atoms with E-state index in [4.69, 9.17) is 4.74 Å². The first kappa shape index (κ1) is 22.9. The zero-order chi connectivity index (χ0) is 21.3. The van der Waals surface area contributed by atoms with Crippen LogP contribution in [0.3, 0.4) is 0 Å². The summed E-state index contributed by atoms with van der Waals surface area (Å²) >= 11 is 0. The van der Waals surface area contributed by atoms with Crippen LogP contribution in [0.1, 0.15) is 36.1 Å². The molecule has 29 heavy (non-hydrogen) atoms. The van der Waals surface area contributed by atoms with Crippen molar-refractivity contribution in [3.05, 3.63) is 65.2 Å². The lowest BCUT2D eigenvalue weighted by molar-refractivity contribution is 0.0646. The Morgan fingerprint density at radius 2 is 1.86 bits per heavy atom. The fraction of sp³-hybridized carbons (Fsp3) is 0.409. The van der Waals surface area contributed by atoms with Gasteiger partial charge in [-0.3, -0.25) is 4.99 Å². The average Bonchev–Trinajstić information content (AvgIpc) is 2.69. The first-order valence-electron chi connectivity index (χ1n) is 9.72. The van der Waals surface area contributed by atoms with E-state index in [1.165, 1.54) is 11.8 Å². The molecule has 0 saturated carbocycles. The number of benzene rings is 2. The summed E-state index contributed by atoms with van der Waals surface area (Å²) in [5, 5.41) is 6.51. The van der Waals surface area contributed by atoms with E-state index in [1.54, 1.807) is 13.1 Å². The zero-order valence-electron chi connectivity index (χ0n) is 17.6.